The van der Waals surface area contributed by atoms with Crippen molar-refractivity contribution in [2.24, 2.45) is 0 Å². The average Bonchev–Trinajstić information content (AvgIpc) is 2.43. The molecule has 2 aromatic carbocycles. The van der Waals surface area contributed by atoms with E-state index in [1.807, 2.05) is 31.2 Å². The number of rotatable bonds is 5. The molecule has 0 spiro atoms. The minimum Gasteiger partial charge on any atom is -0.497 e. The molecule has 0 fully saturated rings. The third-order valence-corrected chi connectivity index (χ3v) is 2.96. The van der Waals surface area contributed by atoms with Gasteiger partial charge in [-0.2, -0.15) is 0 Å². The van der Waals surface area contributed by atoms with E-state index >= 15 is 0 Å². The van der Waals surface area contributed by atoms with E-state index in [2.05, 4.69) is 0 Å². The van der Waals surface area contributed by atoms with E-state index in [0.717, 1.165) is 23.3 Å². The first kappa shape index (κ1) is 13.4. The SMILES string of the molecule is COc1ccc(CCOc2cc(F)ccc2C)cc1. The molecule has 0 aliphatic heterocycles. The second-order valence-electron chi connectivity index (χ2n) is 4.36. The summed E-state index contributed by atoms with van der Waals surface area (Å²) in [7, 11) is 1.64. The summed E-state index contributed by atoms with van der Waals surface area (Å²) in [5.74, 6) is 1.17. The number of hydrogen-bond donors (Lipinski definition) is 0. The smallest absolute Gasteiger partial charge is 0.126 e. The lowest BCUT2D eigenvalue weighted by Crippen LogP contribution is -2.02. The minimum absolute atomic E-state index is 0.273. The van der Waals surface area contributed by atoms with Gasteiger partial charge in [-0.05, 0) is 36.2 Å². The summed E-state index contributed by atoms with van der Waals surface area (Å²) >= 11 is 0. The topological polar surface area (TPSA) is 18.5 Å². The van der Waals surface area contributed by atoms with Crippen LogP contribution in [0.15, 0.2) is 42.5 Å². The van der Waals surface area contributed by atoms with Gasteiger partial charge in [0.15, 0.2) is 0 Å². The fourth-order valence-corrected chi connectivity index (χ4v) is 1.80. The van der Waals surface area contributed by atoms with Crippen molar-refractivity contribution in [1.82, 2.24) is 0 Å². The molecular formula is C16H17FO2. The van der Waals surface area contributed by atoms with Crippen molar-refractivity contribution in [2.45, 2.75) is 13.3 Å². The fourth-order valence-electron chi connectivity index (χ4n) is 1.80. The maximum Gasteiger partial charge on any atom is 0.126 e. The van der Waals surface area contributed by atoms with Gasteiger partial charge < -0.3 is 9.47 Å². The quantitative estimate of drug-likeness (QED) is 0.814. The summed E-state index contributed by atoms with van der Waals surface area (Å²) in [6.45, 7) is 2.43. The molecule has 0 bridgehead atoms. The Bertz CT molecular complexity index is 535. The predicted molar refractivity (Wildman–Crippen MR) is 73.3 cm³/mol. The standard InChI is InChI=1S/C16H17FO2/c1-12-3-6-14(17)11-16(12)19-10-9-13-4-7-15(18-2)8-5-13/h3-8,11H,9-10H2,1-2H3. The summed E-state index contributed by atoms with van der Waals surface area (Å²) < 4.78 is 23.8. The van der Waals surface area contributed by atoms with Crippen molar-refractivity contribution >= 4 is 0 Å². The van der Waals surface area contributed by atoms with Crippen LogP contribution in [-0.2, 0) is 6.42 Å². The van der Waals surface area contributed by atoms with Crippen LogP contribution in [-0.4, -0.2) is 13.7 Å². The molecule has 0 unspecified atom stereocenters. The molecule has 0 radical (unpaired) electrons. The Balaban J connectivity index is 1.90. The van der Waals surface area contributed by atoms with E-state index < -0.39 is 0 Å². The molecule has 0 heterocycles. The van der Waals surface area contributed by atoms with E-state index in [9.17, 15) is 4.39 Å². The monoisotopic (exact) mass is 260 g/mol. The summed E-state index contributed by atoms with van der Waals surface area (Å²) in [4.78, 5) is 0. The Kier molecular flexibility index (Phi) is 4.39. The predicted octanol–water partition coefficient (Wildman–Crippen LogP) is 3.76. The molecule has 0 saturated carbocycles. The zero-order valence-electron chi connectivity index (χ0n) is 11.2. The van der Waals surface area contributed by atoms with E-state index in [1.54, 1.807) is 13.2 Å². The molecule has 2 aromatic rings. The van der Waals surface area contributed by atoms with Crippen LogP contribution in [0.3, 0.4) is 0 Å². The Morgan fingerprint density at radius 2 is 1.79 bits per heavy atom. The highest BCUT2D eigenvalue weighted by atomic mass is 19.1. The average molecular weight is 260 g/mol. The van der Waals surface area contributed by atoms with E-state index in [4.69, 9.17) is 9.47 Å². The van der Waals surface area contributed by atoms with Crippen LogP contribution in [0.4, 0.5) is 4.39 Å². The first-order valence-electron chi connectivity index (χ1n) is 6.21. The fraction of sp³-hybridized carbons (Fsp3) is 0.250. The zero-order valence-corrected chi connectivity index (χ0v) is 11.2. The molecule has 0 saturated heterocycles. The summed E-state index contributed by atoms with van der Waals surface area (Å²) in [5.41, 5.74) is 2.10. The highest BCUT2D eigenvalue weighted by molar-refractivity contribution is 5.33. The molecule has 3 heteroatoms. The van der Waals surface area contributed by atoms with Crippen LogP contribution in [0.1, 0.15) is 11.1 Å². The van der Waals surface area contributed by atoms with Crippen LogP contribution < -0.4 is 9.47 Å². The van der Waals surface area contributed by atoms with E-state index in [-0.39, 0.29) is 5.82 Å². The lowest BCUT2D eigenvalue weighted by Gasteiger charge is -2.09. The second-order valence-corrected chi connectivity index (χ2v) is 4.36. The number of aryl methyl sites for hydroxylation is 1. The van der Waals surface area contributed by atoms with Gasteiger partial charge in [0.2, 0.25) is 0 Å². The molecule has 100 valence electrons. The number of halogens is 1. The highest BCUT2D eigenvalue weighted by Gasteiger charge is 2.02. The van der Waals surface area contributed by atoms with Crippen LogP contribution in [0.5, 0.6) is 11.5 Å². The minimum atomic E-state index is -0.273. The van der Waals surface area contributed by atoms with Crippen LogP contribution >= 0.6 is 0 Å². The third-order valence-electron chi connectivity index (χ3n) is 2.96. The Morgan fingerprint density at radius 1 is 1.05 bits per heavy atom. The molecule has 2 nitrogen and oxygen atoms in total. The summed E-state index contributed by atoms with van der Waals surface area (Å²) in [5, 5.41) is 0. The summed E-state index contributed by atoms with van der Waals surface area (Å²) in [6, 6.07) is 12.4. The number of hydrogen-bond acceptors (Lipinski definition) is 2. The number of benzene rings is 2. The molecule has 0 atom stereocenters. The molecule has 0 aromatic heterocycles. The molecular weight excluding hydrogens is 243 g/mol. The van der Waals surface area contributed by atoms with E-state index in [0.29, 0.717) is 12.4 Å². The van der Waals surface area contributed by atoms with Crippen molar-refractivity contribution in [3.8, 4) is 11.5 Å². The van der Waals surface area contributed by atoms with Crippen molar-refractivity contribution in [3.63, 3.8) is 0 Å². The van der Waals surface area contributed by atoms with Gasteiger partial charge in [0.1, 0.15) is 17.3 Å². The maximum absolute atomic E-state index is 13.1. The van der Waals surface area contributed by atoms with Gasteiger partial charge in [0.25, 0.3) is 0 Å². The molecule has 2 rings (SSSR count). The number of ether oxygens (including phenoxy) is 2. The van der Waals surface area contributed by atoms with Gasteiger partial charge in [-0.25, -0.2) is 4.39 Å². The van der Waals surface area contributed by atoms with Crippen molar-refractivity contribution in [2.75, 3.05) is 13.7 Å². The lowest BCUT2D eigenvalue weighted by molar-refractivity contribution is 0.318. The van der Waals surface area contributed by atoms with Crippen molar-refractivity contribution < 1.29 is 13.9 Å². The van der Waals surface area contributed by atoms with Crippen LogP contribution in [0.2, 0.25) is 0 Å². The van der Waals surface area contributed by atoms with Gasteiger partial charge in [-0.1, -0.05) is 18.2 Å². The largest absolute Gasteiger partial charge is 0.497 e. The molecule has 0 N–H and O–H groups in total. The van der Waals surface area contributed by atoms with E-state index in [1.165, 1.54) is 12.1 Å². The molecule has 0 amide bonds. The second kappa shape index (κ2) is 6.23. The van der Waals surface area contributed by atoms with Gasteiger partial charge >= 0.3 is 0 Å². The molecule has 0 aliphatic rings. The molecule has 0 aliphatic carbocycles. The number of methoxy groups -OCH3 is 1. The van der Waals surface area contributed by atoms with Crippen LogP contribution in [0.25, 0.3) is 0 Å². The van der Waals surface area contributed by atoms with Gasteiger partial charge in [0.05, 0.1) is 13.7 Å². The maximum atomic E-state index is 13.1. The van der Waals surface area contributed by atoms with Crippen molar-refractivity contribution in [3.05, 3.63) is 59.4 Å². The highest BCUT2D eigenvalue weighted by Crippen LogP contribution is 2.19. The van der Waals surface area contributed by atoms with Crippen molar-refractivity contribution in [1.29, 1.82) is 0 Å². The Labute approximate surface area is 112 Å². The van der Waals surface area contributed by atoms with Gasteiger partial charge in [-0.3, -0.25) is 0 Å². The third kappa shape index (κ3) is 3.71. The normalized spacial score (nSPS) is 10.3. The Morgan fingerprint density at radius 3 is 2.47 bits per heavy atom. The molecule has 19 heavy (non-hydrogen) atoms. The zero-order chi connectivity index (χ0) is 13.7. The van der Waals surface area contributed by atoms with Crippen LogP contribution in [0, 0.1) is 12.7 Å². The van der Waals surface area contributed by atoms with Gasteiger partial charge in [0, 0.05) is 12.5 Å². The Hall–Kier alpha value is -2.03. The van der Waals surface area contributed by atoms with Gasteiger partial charge in [-0.15, -0.1) is 0 Å². The lowest BCUT2D eigenvalue weighted by atomic mass is 10.1. The first-order valence-corrected chi connectivity index (χ1v) is 6.21. The summed E-state index contributed by atoms with van der Waals surface area (Å²) in [6.07, 6.45) is 0.778. The first-order chi connectivity index (χ1) is 9.19.